The van der Waals surface area contributed by atoms with E-state index in [-0.39, 0.29) is 11.2 Å². The molecule has 1 aromatic rings. The highest BCUT2D eigenvalue weighted by Gasteiger charge is 2.31. The van der Waals surface area contributed by atoms with Crippen molar-refractivity contribution in [2.24, 2.45) is 11.8 Å². The molecule has 21 heavy (non-hydrogen) atoms. The molecule has 2 heterocycles. The van der Waals surface area contributed by atoms with Gasteiger partial charge in [-0.25, -0.2) is 0 Å². The van der Waals surface area contributed by atoms with Gasteiger partial charge in [0.2, 0.25) is 5.91 Å². The molecule has 6 heteroatoms. The Balaban J connectivity index is 1.62. The van der Waals surface area contributed by atoms with Crippen LogP contribution >= 0.6 is 11.8 Å². The van der Waals surface area contributed by atoms with E-state index in [0.717, 1.165) is 18.2 Å². The molecule has 0 aromatic carbocycles. The second kappa shape index (κ2) is 5.99. The summed E-state index contributed by atoms with van der Waals surface area (Å²) in [7, 11) is 0. The molecule has 116 valence electrons. The summed E-state index contributed by atoms with van der Waals surface area (Å²) in [4.78, 5) is 14.7. The minimum absolute atomic E-state index is 0.0933. The lowest BCUT2D eigenvalue weighted by Crippen LogP contribution is -2.45. The van der Waals surface area contributed by atoms with Gasteiger partial charge in [-0.05, 0) is 38.0 Å². The maximum Gasteiger partial charge on any atom is 0.235 e. The van der Waals surface area contributed by atoms with Crippen LogP contribution in [0.2, 0.25) is 0 Å². The molecule has 5 nitrogen and oxygen atoms in total. The van der Waals surface area contributed by atoms with Gasteiger partial charge in [-0.2, -0.15) is 0 Å². The van der Waals surface area contributed by atoms with Crippen LogP contribution in [0.3, 0.4) is 0 Å². The Hall–Kier alpha value is -1.04. The van der Waals surface area contributed by atoms with Crippen LogP contribution in [0.1, 0.15) is 46.1 Å². The predicted octanol–water partition coefficient (Wildman–Crippen LogP) is 2.60. The van der Waals surface area contributed by atoms with Crippen LogP contribution in [0.5, 0.6) is 0 Å². The van der Waals surface area contributed by atoms with Crippen LogP contribution < -0.4 is 0 Å². The minimum Gasteiger partial charge on any atom is -0.341 e. The van der Waals surface area contributed by atoms with Gasteiger partial charge in [0.05, 0.1) is 5.25 Å². The molecule has 1 saturated heterocycles. The summed E-state index contributed by atoms with van der Waals surface area (Å²) in [5.74, 6) is 1.44. The van der Waals surface area contributed by atoms with Gasteiger partial charge < -0.3 is 9.47 Å². The first-order chi connectivity index (χ1) is 10.0. The Morgan fingerprint density at radius 2 is 2.00 bits per heavy atom. The number of likely N-dealkylation sites (tertiary alicyclic amines) is 1. The third kappa shape index (κ3) is 3.42. The van der Waals surface area contributed by atoms with Crippen molar-refractivity contribution in [3.8, 4) is 0 Å². The van der Waals surface area contributed by atoms with Crippen molar-refractivity contribution >= 4 is 17.7 Å². The molecule has 0 bridgehead atoms. The number of aromatic nitrogens is 3. The van der Waals surface area contributed by atoms with Crippen LogP contribution in [-0.2, 0) is 4.79 Å². The van der Waals surface area contributed by atoms with E-state index in [9.17, 15) is 4.79 Å². The molecule has 1 saturated carbocycles. The van der Waals surface area contributed by atoms with Crippen LogP contribution in [0.15, 0.2) is 11.5 Å². The number of amides is 1. The van der Waals surface area contributed by atoms with Gasteiger partial charge in [0, 0.05) is 19.1 Å². The van der Waals surface area contributed by atoms with Crippen LogP contribution in [0, 0.1) is 11.8 Å². The number of carbonyl (C=O) groups excluding carboxylic acids is 1. The van der Waals surface area contributed by atoms with Crippen LogP contribution in [-0.4, -0.2) is 43.9 Å². The molecule has 3 rings (SSSR count). The average Bonchev–Trinajstić information content (AvgIpc) is 3.17. The molecule has 0 radical (unpaired) electrons. The highest BCUT2D eigenvalue weighted by atomic mass is 32.2. The fraction of sp³-hybridized carbons (Fsp3) is 0.800. The zero-order valence-corrected chi connectivity index (χ0v) is 13.8. The molecular weight excluding hydrogens is 284 g/mol. The molecule has 1 aliphatic heterocycles. The van der Waals surface area contributed by atoms with E-state index in [0.29, 0.717) is 17.9 Å². The first-order valence-corrected chi connectivity index (χ1v) is 8.77. The second-order valence-electron chi connectivity index (χ2n) is 6.70. The molecule has 2 fully saturated rings. The third-order valence-electron chi connectivity index (χ3n) is 4.29. The fourth-order valence-electron chi connectivity index (χ4n) is 3.23. The zero-order valence-electron chi connectivity index (χ0n) is 13.0. The largest absolute Gasteiger partial charge is 0.341 e. The summed E-state index contributed by atoms with van der Waals surface area (Å²) in [6.45, 7) is 8.24. The summed E-state index contributed by atoms with van der Waals surface area (Å²) >= 11 is 1.55. The Labute approximate surface area is 130 Å². The number of carbonyl (C=O) groups is 1. The van der Waals surface area contributed by atoms with Crippen molar-refractivity contribution < 1.29 is 4.79 Å². The van der Waals surface area contributed by atoms with Crippen molar-refractivity contribution in [3.63, 3.8) is 0 Å². The lowest BCUT2D eigenvalue weighted by atomic mass is 9.92. The van der Waals surface area contributed by atoms with Gasteiger partial charge in [-0.15, -0.1) is 10.2 Å². The van der Waals surface area contributed by atoms with E-state index in [1.807, 2.05) is 11.8 Å². The molecule has 0 spiro atoms. The Kier molecular flexibility index (Phi) is 4.24. The number of rotatable bonds is 4. The van der Waals surface area contributed by atoms with E-state index in [4.69, 9.17) is 0 Å². The van der Waals surface area contributed by atoms with Crippen molar-refractivity contribution in [3.05, 3.63) is 6.33 Å². The summed E-state index contributed by atoms with van der Waals surface area (Å²) in [5.41, 5.74) is 0. The molecule has 1 amide bonds. The van der Waals surface area contributed by atoms with Gasteiger partial charge in [-0.3, -0.25) is 4.79 Å². The van der Waals surface area contributed by atoms with Crippen molar-refractivity contribution in [1.29, 1.82) is 0 Å². The van der Waals surface area contributed by atoms with Crippen molar-refractivity contribution in [1.82, 2.24) is 19.7 Å². The Morgan fingerprint density at radius 1 is 1.33 bits per heavy atom. The molecule has 3 atom stereocenters. The quantitative estimate of drug-likeness (QED) is 0.802. The monoisotopic (exact) mass is 308 g/mol. The van der Waals surface area contributed by atoms with Crippen molar-refractivity contribution in [2.75, 3.05) is 13.1 Å². The van der Waals surface area contributed by atoms with Crippen LogP contribution in [0.25, 0.3) is 0 Å². The number of thioether (sulfide) groups is 1. The zero-order chi connectivity index (χ0) is 15.0. The molecule has 1 aliphatic carbocycles. The maximum atomic E-state index is 12.7. The first-order valence-electron chi connectivity index (χ1n) is 7.89. The van der Waals surface area contributed by atoms with E-state index in [1.165, 1.54) is 19.3 Å². The molecular formula is C15H24N4OS. The van der Waals surface area contributed by atoms with Gasteiger partial charge in [-0.1, -0.05) is 25.6 Å². The predicted molar refractivity (Wildman–Crippen MR) is 83.1 cm³/mol. The summed E-state index contributed by atoms with van der Waals surface area (Å²) in [6.07, 6.45) is 5.42. The van der Waals surface area contributed by atoms with E-state index in [2.05, 4.69) is 28.6 Å². The second-order valence-corrected chi connectivity index (χ2v) is 8.01. The number of piperidine rings is 1. The lowest BCUT2D eigenvalue weighted by Gasteiger charge is -2.36. The van der Waals surface area contributed by atoms with E-state index in [1.54, 1.807) is 18.1 Å². The summed E-state index contributed by atoms with van der Waals surface area (Å²) in [6, 6.07) is 0.555. The highest BCUT2D eigenvalue weighted by molar-refractivity contribution is 8.00. The van der Waals surface area contributed by atoms with Gasteiger partial charge >= 0.3 is 0 Å². The van der Waals surface area contributed by atoms with Gasteiger partial charge in [0.15, 0.2) is 5.16 Å². The topological polar surface area (TPSA) is 51.0 Å². The fourth-order valence-corrected chi connectivity index (χ4v) is 4.21. The third-order valence-corrected chi connectivity index (χ3v) is 5.35. The number of nitrogens with zero attached hydrogens (tertiary/aromatic N) is 4. The minimum atomic E-state index is -0.0933. The number of hydrogen-bond acceptors (Lipinski definition) is 4. The standard InChI is InChI=1S/C15H24N4OS/c1-10-6-11(2)8-18(7-10)14(20)12(3)21-15-17-16-9-19(15)13-4-5-13/h9-13H,4-8H2,1-3H3. The molecule has 2 aliphatic rings. The van der Waals surface area contributed by atoms with Gasteiger partial charge in [0.25, 0.3) is 0 Å². The molecule has 1 aromatic heterocycles. The average molecular weight is 308 g/mol. The highest BCUT2D eigenvalue weighted by Crippen LogP contribution is 2.38. The van der Waals surface area contributed by atoms with Gasteiger partial charge in [0.1, 0.15) is 6.33 Å². The van der Waals surface area contributed by atoms with E-state index < -0.39 is 0 Å². The lowest BCUT2D eigenvalue weighted by molar-refractivity contribution is -0.132. The Morgan fingerprint density at radius 3 is 2.62 bits per heavy atom. The van der Waals surface area contributed by atoms with Crippen molar-refractivity contribution in [2.45, 2.75) is 56.5 Å². The maximum absolute atomic E-state index is 12.7. The smallest absolute Gasteiger partial charge is 0.235 e. The normalized spacial score (nSPS) is 27.7. The van der Waals surface area contributed by atoms with E-state index >= 15 is 0 Å². The first kappa shape index (κ1) is 14.9. The summed E-state index contributed by atoms with van der Waals surface area (Å²) < 4.78 is 2.12. The van der Waals surface area contributed by atoms with Crippen LogP contribution in [0.4, 0.5) is 0 Å². The number of hydrogen-bond donors (Lipinski definition) is 0. The SMILES string of the molecule is CC1CC(C)CN(C(=O)C(C)Sc2nncn2C2CC2)C1. The summed E-state index contributed by atoms with van der Waals surface area (Å²) in [5, 5.41) is 8.97. The molecule has 3 unspecified atom stereocenters. The molecule has 0 N–H and O–H groups in total. The Bertz CT molecular complexity index is 504.